The highest BCUT2D eigenvalue weighted by atomic mass is 35.5. The van der Waals surface area contributed by atoms with Crippen molar-refractivity contribution in [3.63, 3.8) is 0 Å². The largest absolute Gasteiger partial charge is 0.309 e. The topological polar surface area (TPSA) is 37.6 Å². The Morgan fingerprint density at radius 1 is 1.26 bits per heavy atom. The number of carbonyl (C=O) groups excluding carboxylic acids is 1. The van der Waals surface area contributed by atoms with Crippen molar-refractivity contribution in [3.8, 4) is 11.3 Å². The Morgan fingerprint density at radius 3 is 2.87 bits per heavy atom. The highest BCUT2D eigenvalue weighted by Gasteiger charge is 2.29. The minimum Gasteiger partial charge on any atom is -0.309 e. The highest BCUT2D eigenvalue weighted by Crippen LogP contribution is 2.35. The van der Waals surface area contributed by atoms with Crippen LogP contribution in [-0.2, 0) is 11.2 Å². The number of carbonyl (C=O) groups is 1. The summed E-state index contributed by atoms with van der Waals surface area (Å²) < 4.78 is 1.93. The highest BCUT2D eigenvalue weighted by molar-refractivity contribution is 6.30. The maximum absolute atomic E-state index is 11.8. The predicted octanol–water partition coefficient (Wildman–Crippen LogP) is 3.95. The van der Waals surface area contributed by atoms with Crippen molar-refractivity contribution in [2.24, 2.45) is 0 Å². The van der Waals surface area contributed by atoms with Crippen molar-refractivity contribution in [2.75, 3.05) is 4.90 Å². The molecule has 0 aliphatic carbocycles. The van der Waals surface area contributed by atoms with E-state index in [2.05, 4.69) is 18.0 Å². The summed E-state index contributed by atoms with van der Waals surface area (Å²) in [7, 11) is 0. The van der Waals surface area contributed by atoms with Gasteiger partial charge in [-0.1, -0.05) is 17.7 Å². The van der Waals surface area contributed by atoms with Gasteiger partial charge >= 0.3 is 0 Å². The first-order valence-electron chi connectivity index (χ1n) is 7.60. The van der Waals surface area contributed by atoms with Crippen LogP contribution in [0.15, 0.2) is 42.7 Å². The Labute approximate surface area is 139 Å². The number of hydrogen-bond acceptors (Lipinski definition) is 2. The van der Waals surface area contributed by atoms with Gasteiger partial charge in [-0.25, -0.2) is 4.98 Å². The summed E-state index contributed by atoms with van der Waals surface area (Å²) in [5.74, 6) is 0.0892. The summed E-state index contributed by atoms with van der Waals surface area (Å²) in [6.45, 7) is 3.69. The molecule has 0 spiro atoms. The number of pyridine rings is 1. The fraction of sp³-hybridized carbons (Fsp3) is 0.222. The maximum atomic E-state index is 11.8. The van der Waals surface area contributed by atoms with Crippen LogP contribution in [0.25, 0.3) is 16.9 Å². The van der Waals surface area contributed by atoms with Crippen molar-refractivity contribution in [1.29, 1.82) is 0 Å². The van der Waals surface area contributed by atoms with Gasteiger partial charge in [0.2, 0.25) is 5.91 Å². The molecule has 3 heterocycles. The molecular weight excluding hydrogens is 310 g/mol. The molecule has 0 saturated carbocycles. The Bertz CT molecular complexity index is 931. The fourth-order valence-corrected chi connectivity index (χ4v) is 3.54. The lowest BCUT2D eigenvalue weighted by Crippen LogP contribution is -2.33. The number of rotatable bonds is 1. The van der Waals surface area contributed by atoms with Crippen LogP contribution in [-0.4, -0.2) is 21.3 Å². The third kappa shape index (κ3) is 2.30. The molecule has 1 atom stereocenters. The van der Waals surface area contributed by atoms with Gasteiger partial charge in [-0.3, -0.25) is 4.79 Å². The van der Waals surface area contributed by atoms with Gasteiger partial charge in [-0.05, 0) is 43.2 Å². The number of imidazole rings is 1. The van der Waals surface area contributed by atoms with Gasteiger partial charge in [0.1, 0.15) is 5.65 Å². The number of nitrogens with zero attached hydrogens (tertiary/aromatic N) is 3. The van der Waals surface area contributed by atoms with Crippen molar-refractivity contribution >= 4 is 28.8 Å². The molecule has 1 aliphatic rings. The zero-order valence-corrected chi connectivity index (χ0v) is 13.7. The SMILES string of the molecule is CC(=O)N1c2ccc(-c3cn4cc(Cl)ccc4n3)cc2CC1C. The molecule has 1 unspecified atom stereocenters. The van der Waals surface area contributed by atoms with E-state index in [9.17, 15) is 4.79 Å². The second kappa shape index (κ2) is 5.10. The molecule has 3 aromatic rings. The lowest BCUT2D eigenvalue weighted by Gasteiger charge is -2.20. The molecule has 0 radical (unpaired) electrons. The van der Waals surface area contributed by atoms with Crippen LogP contribution in [0.2, 0.25) is 5.02 Å². The van der Waals surface area contributed by atoms with Crippen LogP contribution in [0.1, 0.15) is 19.4 Å². The Hall–Kier alpha value is -2.33. The molecule has 1 amide bonds. The van der Waals surface area contributed by atoms with Gasteiger partial charge in [0.25, 0.3) is 0 Å². The molecule has 116 valence electrons. The Kier molecular flexibility index (Phi) is 3.16. The molecule has 23 heavy (non-hydrogen) atoms. The lowest BCUT2D eigenvalue weighted by molar-refractivity contribution is -0.116. The Balaban J connectivity index is 1.78. The van der Waals surface area contributed by atoms with Crippen LogP contribution in [0, 0.1) is 0 Å². The number of aromatic nitrogens is 2. The minimum atomic E-state index is 0.0892. The number of fused-ring (bicyclic) bond motifs is 2. The van der Waals surface area contributed by atoms with E-state index < -0.39 is 0 Å². The van der Waals surface area contributed by atoms with Crippen molar-refractivity contribution < 1.29 is 4.79 Å². The average Bonchev–Trinajstić information content (AvgIpc) is 3.05. The molecule has 2 aromatic heterocycles. The summed E-state index contributed by atoms with van der Waals surface area (Å²) in [5.41, 5.74) is 5.04. The van der Waals surface area contributed by atoms with E-state index in [1.54, 1.807) is 6.92 Å². The quantitative estimate of drug-likeness (QED) is 0.679. The van der Waals surface area contributed by atoms with E-state index >= 15 is 0 Å². The van der Waals surface area contributed by atoms with Crippen LogP contribution in [0.5, 0.6) is 0 Å². The molecule has 1 aromatic carbocycles. The summed E-state index contributed by atoms with van der Waals surface area (Å²) >= 11 is 6.03. The molecule has 5 heteroatoms. The lowest BCUT2D eigenvalue weighted by atomic mass is 10.1. The monoisotopic (exact) mass is 325 g/mol. The number of hydrogen-bond donors (Lipinski definition) is 0. The normalized spacial score (nSPS) is 16.8. The smallest absolute Gasteiger partial charge is 0.224 e. The molecule has 0 bridgehead atoms. The summed E-state index contributed by atoms with van der Waals surface area (Å²) in [4.78, 5) is 18.3. The molecule has 0 N–H and O–H groups in total. The first kappa shape index (κ1) is 14.3. The predicted molar refractivity (Wildman–Crippen MR) is 92.0 cm³/mol. The number of amides is 1. The van der Waals surface area contributed by atoms with Gasteiger partial charge in [-0.15, -0.1) is 0 Å². The van der Waals surface area contributed by atoms with Crippen molar-refractivity contribution in [3.05, 3.63) is 53.3 Å². The second-order valence-electron chi connectivity index (χ2n) is 6.02. The van der Waals surface area contributed by atoms with Gasteiger partial charge in [0.05, 0.1) is 10.7 Å². The van der Waals surface area contributed by atoms with Crippen LogP contribution < -0.4 is 4.90 Å². The zero-order valence-electron chi connectivity index (χ0n) is 13.0. The van der Waals surface area contributed by atoms with Gasteiger partial charge in [-0.2, -0.15) is 0 Å². The summed E-state index contributed by atoms with van der Waals surface area (Å²) in [5, 5.41) is 0.682. The van der Waals surface area contributed by atoms with Crippen LogP contribution in [0.4, 0.5) is 5.69 Å². The fourth-order valence-electron chi connectivity index (χ4n) is 3.37. The van der Waals surface area contributed by atoms with E-state index in [1.807, 2.05) is 46.0 Å². The van der Waals surface area contributed by atoms with E-state index in [0.717, 1.165) is 29.0 Å². The minimum absolute atomic E-state index is 0.0892. The third-order valence-electron chi connectivity index (χ3n) is 4.35. The van der Waals surface area contributed by atoms with Crippen molar-refractivity contribution in [2.45, 2.75) is 26.3 Å². The van der Waals surface area contributed by atoms with Crippen LogP contribution >= 0.6 is 11.6 Å². The molecule has 4 rings (SSSR count). The van der Waals surface area contributed by atoms with E-state index in [-0.39, 0.29) is 11.9 Å². The number of anilines is 1. The number of benzene rings is 1. The van der Waals surface area contributed by atoms with Crippen LogP contribution in [0.3, 0.4) is 0 Å². The first-order chi connectivity index (χ1) is 11.0. The maximum Gasteiger partial charge on any atom is 0.224 e. The molecule has 4 nitrogen and oxygen atoms in total. The molecule has 0 saturated heterocycles. The standard InChI is InChI=1S/C18H16ClN3O/c1-11-7-14-8-13(3-5-17(14)22(11)12(2)23)16-10-21-9-15(19)4-6-18(21)20-16/h3-6,8-11H,7H2,1-2H3. The van der Waals surface area contributed by atoms with Gasteiger partial charge in [0.15, 0.2) is 0 Å². The first-order valence-corrected chi connectivity index (χ1v) is 7.98. The second-order valence-corrected chi connectivity index (χ2v) is 6.46. The summed E-state index contributed by atoms with van der Waals surface area (Å²) in [6.07, 6.45) is 4.70. The number of halogens is 1. The average molecular weight is 326 g/mol. The molecule has 1 aliphatic heterocycles. The Morgan fingerprint density at radius 2 is 2.09 bits per heavy atom. The van der Waals surface area contributed by atoms with E-state index in [1.165, 1.54) is 5.56 Å². The zero-order chi connectivity index (χ0) is 16.1. The van der Waals surface area contributed by atoms with Gasteiger partial charge < -0.3 is 9.30 Å². The van der Waals surface area contributed by atoms with E-state index in [0.29, 0.717) is 5.02 Å². The van der Waals surface area contributed by atoms with Gasteiger partial charge in [0, 0.05) is 36.6 Å². The van der Waals surface area contributed by atoms with E-state index in [4.69, 9.17) is 11.6 Å². The summed E-state index contributed by atoms with van der Waals surface area (Å²) in [6, 6.07) is 10.1. The molecule has 0 fully saturated rings. The van der Waals surface area contributed by atoms with Crippen molar-refractivity contribution in [1.82, 2.24) is 9.38 Å². The third-order valence-corrected chi connectivity index (χ3v) is 4.57. The molecular formula is C18H16ClN3O.